The van der Waals surface area contributed by atoms with E-state index in [1.165, 1.54) is 0 Å². The Morgan fingerprint density at radius 3 is 2.47 bits per heavy atom. The first kappa shape index (κ1) is 14.7. The monoisotopic (exact) mass is 284 g/mol. The SMILES string of the molecule is CC(C)(C)SCC(=O)N1CCC2(CC1)CNC(=O)C2. The molecule has 0 aromatic carbocycles. The number of hydrogen-bond donors (Lipinski definition) is 1. The fourth-order valence-corrected chi connectivity index (χ4v) is 3.44. The Kier molecular flexibility index (Phi) is 4.14. The number of nitrogens with zero attached hydrogens (tertiary/aromatic N) is 1. The summed E-state index contributed by atoms with van der Waals surface area (Å²) in [6.45, 7) is 8.80. The highest BCUT2D eigenvalue weighted by molar-refractivity contribution is 8.01. The van der Waals surface area contributed by atoms with Gasteiger partial charge in [0.1, 0.15) is 0 Å². The Morgan fingerprint density at radius 1 is 1.37 bits per heavy atom. The zero-order chi connectivity index (χ0) is 14.1. The van der Waals surface area contributed by atoms with Gasteiger partial charge in [-0.05, 0) is 18.3 Å². The maximum Gasteiger partial charge on any atom is 0.232 e. The smallest absolute Gasteiger partial charge is 0.232 e. The number of piperidine rings is 1. The van der Waals surface area contributed by atoms with E-state index in [0.717, 1.165) is 32.5 Å². The molecule has 0 bridgehead atoms. The first-order valence-corrected chi connectivity index (χ1v) is 7.97. The maximum atomic E-state index is 12.1. The van der Waals surface area contributed by atoms with Crippen LogP contribution in [0.4, 0.5) is 0 Å². The highest BCUT2D eigenvalue weighted by atomic mass is 32.2. The van der Waals surface area contributed by atoms with Crippen molar-refractivity contribution >= 4 is 23.6 Å². The Morgan fingerprint density at radius 2 is 2.00 bits per heavy atom. The molecule has 2 amide bonds. The molecule has 2 aliphatic heterocycles. The zero-order valence-electron chi connectivity index (χ0n) is 12.1. The van der Waals surface area contributed by atoms with Gasteiger partial charge in [-0.25, -0.2) is 0 Å². The molecule has 108 valence electrons. The standard InChI is InChI=1S/C14H24N2O2S/c1-13(2,3)19-9-12(18)16-6-4-14(5-7-16)8-11(17)15-10-14/h4-10H2,1-3H3,(H,15,17). The molecule has 0 aliphatic carbocycles. The molecule has 2 rings (SSSR count). The van der Waals surface area contributed by atoms with Gasteiger partial charge in [0.25, 0.3) is 0 Å². The topological polar surface area (TPSA) is 49.4 Å². The second-order valence-corrected chi connectivity index (χ2v) is 8.54. The van der Waals surface area contributed by atoms with Crippen LogP contribution in [0.1, 0.15) is 40.0 Å². The third-order valence-corrected chi connectivity index (χ3v) is 5.26. The van der Waals surface area contributed by atoms with Gasteiger partial charge in [0.05, 0.1) is 5.75 Å². The van der Waals surface area contributed by atoms with Crippen molar-refractivity contribution in [2.24, 2.45) is 5.41 Å². The molecule has 4 nitrogen and oxygen atoms in total. The summed E-state index contributed by atoms with van der Waals surface area (Å²) in [7, 11) is 0. The van der Waals surface area contributed by atoms with E-state index >= 15 is 0 Å². The second kappa shape index (κ2) is 5.35. The van der Waals surface area contributed by atoms with E-state index in [9.17, 15) is 9.59 Å². The summed E-state index contributed by atoms with van der Waals surface area (Å²) in [4.78, 5) is 25.4. The van der Waals surface area contributed by atoms with Crippen LogP contribution in [0.2, 0.25) is 0 Å². The van der Waals surface area contributed by atoms with Crippen molar-refractivity contribution in [1.29, 1.82) is 0 Å². The third kappa shape index (κ3) is 3.88. The van der Waals surface area contributed by atoms with Crippen LogP contribution < -0.4 is 5.32 Å². The molecule has 0 unspecified atom stereocenters. The average Bonchev–Trinajstić information content (AvgIpc) is 2.68. The summed E-state index contributed by atoms with van der Waals surface area (Å²) in [5.41, 5.74) is 0.130. The summed E-state index contributed by atoms with van der Waals surface area (Å²) in [5, 5.41) is 2.92. The van der Waals surface area contributed by atoms with Crippen LogP contribution in [0, 0.1) is 5.41 Å². The fraction of sp³-hybridized carbons (Fsp3) is 0.857. The molecule has 5 heteroatoms. The lowest BCUT2D eigenvalue weighted by Crippen LogP contribution is -2.44. The van der Waals surface area contributed by atoms with Crippen molar-refractivity contribution in [3.63, 3.8) is 0 Å². The minimum absolute atomic E-state index is 0.130. The van der Waals surface area contributed by atoms with Crippen LogP contribution in [0.15, 0.2) is 0 Å². The lowest BCUT2D eigenvalue weighted by Gasteiger charge is -2.38. The van der Waals surface area contributed by atoms with Gasteiger partial charge in [-0.3, -0.25) is 9.59 Å². The predicted octanol–water partition coefficient (Wildman–Crippen LogP) is 1.65. The number of amides is 2. The van der Waals surface area contributed by atoms with Crippen LogP contribution in [0.3, 0.4) is 0 Å². The molecule has 1 spiro atoms. The van der Waals surface area contributed by atoms with Gasteiger partial charge in [-0.2, -0.15) is 0 Å². The van der Waals surface area contributed by atoms with E-state index in [0.29, 0.717) is 12.2 Å². The van der Waals surface area contributed by atoms with Crippen molar-refractivity contribution < 1.29 is 9.59 Å². The summed E-state index contributed by atoms with van der Waals surface area (Å²) in [6.07, 6.45) is 2.56. The van der Waals surface area contributed by atoms with Crippen molar-refractivity contribution in [3.8, 4) is 0 Å². The van der Waals surface area contributed by atoms with E-state index in [2.05, 4.69) is 26.1 Å². The average molecular weight is 284 g/mol. The van der Waals surface area contributed by atoms with E-state index in [-0.39, 0.29) is 22.0 Å². The first-order chi connectivity index (χ1) is 8.80. The molecule has 19 heavy (non-hydrogen) atoms. The minimum Gasteiger partial charge on any atom is -0.356 e. The quantitative estimate of drug-likeness (QED) is 0.839. The highest BCUT2D eigenvalue weighted by Gasteiger charge is 2.41. The van der Waals surface area contributed by atoms with Crippen LogP contribution in [-0.4, -0.2) is 46.8 Å². The summed E-state index contributed by atoms with van der Waals surface area (Å²) in [6, 6.07) is 0. The Balaban J connectivity index is 1.80. The van der Waals surface area contributed by atoms with E-state index in [1.807, 2.05) is 4.90 Å². The summed E-state index contributed by atoms with van der Waals surface area (Å²) >= 11 is 1.70. The van der Waals surface area contributed by atoms with Gasteiger partial charge in [-0.15, -0.1) is 11.8 Å². The molecule has 2 aliphatic rings. The Labute approximate surface area is 119 Å². The van der Waals surface area contributed by atoms with Crippen LogP contribution >= 0.6 is 11.8 Å². The van der Waals surface area contributed by atoms with E-state index < -0.39 is 0 Å². The minimum atomic E-state index is 0.130. The van der Waals surface area contributed by atoms with Crippen molar-refractivity contribution in [2.75, 3.05) is 25.4 Å². The molecule has 0 radical (unpaired) electrons. The molecule has 0 atom stereocenters. The molecular formula is C14H24N2O2S. The van der Waals surface area contributed by atoms with Crippen molar-refractivity contribution in [2.45, 2.75) is 44.8 Å². The molecule has 2 heterocycles. The van der Waals surface area contributed by atoms with Crippen LogP contribution in [-0.2, 0) is 9.59 Å². The predicted molar refractivity (Wildman–Crippen MR) is 78.1 cm³/mol. The molecule has 2 fully saturated rings. The normalized spacial score (nSPS) is 22.7. The Hall–Kier alpha value is -0.710. The number of nitrogens with one attached hydrogen (secondary N) is 1. The van der Waals surface area contributed by atoms with Gasteiger partial charge >= 0.3 is 0 Å². The van der Waals surface area contributed by atoms with Gasteiger partial charge < -0.3 is 10.2 Å². The van der Waals surface area contributed by atoms with E-state index in [4.69, 9.17) is 0 Å². The molecule has 0 aromatic heterocycles. The van der Waals surface area contributed by atoms with Gasteiger partial charge in [0.15, 0.2) is 0 Å². The highest BCUT2D eigenvalue weighted by Crippen LogP contribution is 2.37. The number of thioether (sulfide) groups is 1. The van der Waals surface area contributed by atoms with Gasteiger partial charge in [0.2, 0.25) is 11.8 Å². The van der Waals surface area contributed by atoms with Gasteiger partial charge in [-0.1, -0.05) is 20.8 Å². The van der Waals surface area contributed by atoms with E-state index in [1.54, 1.807) is 11.8 Å². The molecule has 0 saturated carbocycles. The summed E-state index contributed by atoms with van der Waals surface area (Å²) < 4.78 is 0.133. The van der Waals surface area contributed by atoms with Crippen molar-refractivity contribution in [3.05, 3.63) is 0 Å². The first-order valence-electron chi connectivity index (χ1n) is 6.98. The number of hydrogen-bond acceptors (Lipinski definition) is 3. The fourth-order valence-electron chi connectivity index (χ4n) is 2.71. The number of carbonyl (C=O) groups is 2. The number of rotatable bonds is 2. The number of likely N-dealkylation sites (tertiary alicyclic amines) is 1. The van der Waals surface area contributed by atoms with Crippen molar-refractivity contribution in [1.82, 2.24) is 10.2 Å². The molecule has 1 N–H and O–H groups in total. The van der Waals surface area contributed by atoms with Crippen LogP contribution in [0.25, 0.3) is 0 Å². The number of carbonyl (C=O) groups excluding carboxylic acids is 2. The second-order valence-electron chi connectivity index (χ2n) is 6.74. The molecular weight excluding hydrogens is 260 g/mol. The lowest BCUT2D eigenvalue weighted by molar-refractivity contribution is -0.130. The van der Waals surface area contributed by atoms with Crippen LogP contribution in [0.5, 0.6) is 0 Å². The zero-order valence-corrected chi connectivity index (χ0v) is 12.9. The van der Waals surface area contributed by atoms with Gasteiger partial charge in [0, 0.05) is 30.8 Å². The summed E-state index contributed by atoms with van der Waals surface area (Å²) in [5.74, 6) is 0.975. The largest absolute Gasteiger partial charge is 0.356 e. The molecule has 2 saturated heterocycles. The maximum absolute atomic E-state index is 12.1. The third-order valence-electron chi connectivity index (χ3n) is 4.00. The Bertz CT molecular complexity index is 368. The molecule has 0 aromatic rings. The lowest BCUT2D eigenvalue weighted by atomic mass is 9.78.